The van der Waals surface area contributed by atoms with Gasteiger partial charge >= 0.3 is 6.09 Å². The zero-order valence-electron chi connectivity index (χ0n) is 20.1. The third-order valence-electron chi connectivity index (χ3n) is 5.98. The molecule has 0 aliphatic carbocycles. The Bertz CT molecular complexity index is 978. The summed E-state index contributed by atoms with van der Waals surface area (Å²) in [6.45, 7) is 4.04. The molecule has 9 heteroatoms. The second-order valence-corrected chi connectivity index (χ2v) is 9.34. The topological polar surface area (TPSA) is 97.3 Å². The van der Waals surface area contributed by atoms with Gasteiger partial charge in [0.25, 0.3) is 0 Å². The SMILES string of the molecule is COc1cc2cc(c1Cl)N(C)C(=O)CCO[C@H](C)C[C@@H]1C[C@](O)(C/C=C/C=C(\C)C2)NC(=O)O1. The van der Waals surface area contributed by atoms with Gasteiger partial charge in [0.1, 0.15) is 22.6 Å². The lowest BCUT2D eigenvalue weighted by molar-refractivity contribution is -0.120. The molecule has 1 aromatic carbocycles. The average molecular weight is 493 g/mol. The fraction of sp³-hybridized carbons (Fsp3) is 0.520. The van der Waals surface area contributed by atoms with Gasteiger partial charge in [-0.2, -0.15) is 0 Å². The number of hydrogen-bond donors (Lipinski definition) is 2. The summed E-state index contributed by atoms with van der Waals surface area (Å²) < 4.78 is 16.6. The number of hydrogen-bond acceptors (Lipinski definition) is 6. The predicted octanol–water partition coefficient (Wildman–Crippen LogP) is 4.13. The predicted molar refractivity (Wildman–Crippen MR) is 130 cm³/mol. The summed E-state index contributed by atoms with van der Waals surface area (Å²) in [4.78, 5) is 26.4. The number of nitrogens with one attached hydrogen (secondary N) is 1. The van der Waals surface area contributed by atoms with E-state index in [2.05, 4.69) is 5.32 Å². The molecule has 2 aliphatic rings. The number of anilines is 1. The van der Waals surface area contributed by atoms with E-state index in [0.717, 1.165) is 11.1 Å². The quantitative estimate of drug-likeness (QED) is 0.611. The van der Waals surface area contributed by atoms with E-state index in [9.17, 15) is 14.7 Å². The Hall–Kier alpha value is -2.55. The first-order chi connectivity index (χ1) is 16.1. The molecule has 2 heterocycles. The summed E-state index contributed by atoms with van der Waals surface area (Å²) in [5.41, 5.74) is 1.18. The van der Waals surface area contributed by atoms with Gasteiger partial charge < -0.3 is 24.2 Å². The van der Waals surface area contributed by atoms with Crippen molar-refractivity contribution in [1.82, 2.24) is 5.32 Å². The van der Waals surface area contributed by atoms with Gasteiger partial charge in [0, 0.05) is 26.3 Å². The minimum absolute atomic E-state index is 0.149. The van der Waals surface area contributed by atoms with Crippen LogP contribution in [-0.4, -0.2) is 55.8 Å². The van der Waals surface area contributed by atoms with Crippen LogP contribution in [0.4, 0.5) is 10.5 Å². The number of ether oxygens (including phenoxy) is 3. The number of benzene rings is 1. The van der Waals surface area contributed by atoms with Crippen LogP contribution in [0.3, 0.4) is 0 Å². The summed E-state index contributed by atoms with van der Waals surface area (Å²) in [5, 5.41) is 13.8. The number of amides is 2. The largest absolute Gasteiger partial charge is 0.495 e. The van der Waals surface area contributed by atoms with Gasteiger partial charge in [-0.15, -0.1) is 0 Å². The number of fused-ring (bicyclic) bond motifs is 4. The first kappa shape index (κ1) is 26.1. The van der Waals surface area contributed by atoms with Crippen molar-refractivity contribution in [3.05, 3.63) is 46.5 Å². The van der Waals surface area contributed by atoms with E-state index >= 15 is 0 Å². The maximum atomic E-state index is 12.9. The molecule has 1 fully saturated rings. The molecule has 0 radical (unpaired) electrons. The van der Waals surface area contributed by atoms with Crippen LogP contribution in [0.5, 0.6) is 5.75 Å². The van der Waals surface area contributed by atoms with Crippen molar-refractivity contribution in [2.75, 3.05) is 25.7 Å². The molecule has 2 N–H and O–H groups in total. The number of carbonyl (C=O) groups is 2. The van der Waals surface area contributed by atoms with Gasteiger partial charge in [0.05, 0.1) is 31.9 Å². The highest BCUT2D eigenvalue weighted by atomic mass is 35.5. The average Bonchev–Trinajstić information content (AvgIpc) is 2.76. The van der Waals surface area contributed by atoms with Gasteiger partial charge in [-0.25, -0.2) is 4.79 Å². The van der Waals surface area contributed by atoms with Crippen LogP contribution in [-0.2, 0) is 20.7 Å². The molecule has 8 nitrogen and oxygen atoms in total. The Balaban J connectivity index is 1.90. The van der Waals surface area contributed by atoms with Crippen LogP contribution < -0.4 is 15.0 Å². The first-order valence-electron chi connectivity index (χ1n) is 11.4. The van der Waals surface area contributed by atoms with Crippen molar-refractivity contribution >= 4 is 29.3 Å². The van der Waals surface area contributed by atoms with Crippen molar-refractivity contribution in [3.8, 4) is 5.75 Å². The van der Waals surface area contributed by atoms with Crippen molar-refractivity contribution in [2.45, 2.75) is 63.9 Å². The number of aliphatic hydroxyl groups is 1. The minimum atomic E-state index is -1.39. The van der Waals surface area contributed by atoms with Gasteiger partial charge in [-0.3, -0.25) is 10.1 Å². The maximum absolute atomic E-state index is 12.9. The number of nitrogens with zero attached hydrogens (tertiary/aromatic N) is 1. The Morgan fingerprint density at radius 3 is 2.82 bits per heavy atom. The lowest BCUT2D eigenvalue weighted by atomic mass is 9.96. The van der Waals surface area contributed by atoms with E-state index in [1.807, 2.05) is 44.2 Å². The van der Waals surface area contributed by atoms with E-state index in [1.165, 1.54) is 4.90 Å². The Labute approximate surface area is 205 Å². The molecule has 0 saturated carbocycles. The van der Waals surface area contributed by atoms with Gasteiger partial charge in [0.2, 0.25) is 5.91 Å². The molecule has 0 spiro atoms. The molecule has 3 atom stereocenters. The highest BCUT2D eigenvalue weighted by molar-refractivity contribution is 6.35. The van der Waals surface area contributed by atoms with Crippen LogP contribution in [0, 0.1) is 0 Å². The minimum Gasteiger partial charge on any atom is -0.495 e. The molecule has 3 rings (SSSR count). The number of rotatable bonds is 1. The highest BCUT2D eigenvalue weighted by Crippen LogP contribution is 2.36. The summed E-state index contributed by atoms with van der Waals surface area (Å²) in [5.74, 6) is 0.349. The molecule has 2 aliphatic heterocycles. The smallest absolute Gasteiger partial charge is 0.409 e. The molecule has 2 amide bonds. The molecule has 0 unspecified atom stereocenters. The molecule has 0 aromatic heterocycles. The summed E-state index contributed by atoms with van der Waals surface area (Å²) in [6.07, 6.45) is 5.87. The van der Waals surface area contributed by atoms with E-state index in [1.54, 1.807) is 14.2 Å². The third kappa shape index (κ3) is 6.74. The Kier molecular flexibility index (Phi) is 8.62. The monoisotopic (exact) mass is 492 g/mol. The third-order valence-corrected chi connectivity index (χ3v) is 6.36. The van der Waals surface area contributed by atoms with Crippen molar-refractivity contribution < 1.29 is 28.9 Å². The van der Waals surface area contributed by atoms with Crippen LogP contribution in [0.25, 0.3) is 0 Å². The maximum Gasteiger partial charge on any atom is 0.409 e. The normalized spacial score (nSPS) is 29.5. The molecule has 34 heavy (non-hydrogen) atoms. The number of alkyl carbamates (subject to hydrolysis) is 1. The molecule has 186 valence electrons. The van der Waals surface area contributed by atoms with E-state index in [4.69, 9.17) is 25.8 Å². The van der Waals surface area contributed by atoms with Gasteiger partial charge in [-0.1, -0.05) is 35.4 Å². The number of allylic oxidation sites excluding steroid dienone is 3. The zero-order chi connectivity index (χ0) is 24.9. The van der Waals surface area contributed by atoms with Crippen LogP contribution in [0.1, 0.15) is 45.1 Å². The highest BCUT2D eigenvalue weighted by Gasteiger charge is 2.38. The number of methoxy groups -OCH3 is 1. The Morgan fingerprint density at radius 2 is 2.09 bits per heavy atom. The fourth-order valence-corrected chi connectivity index (χ4v) is 4.52. The van der Waals surface area contributed by atoms with Crippen molar-refractivity contribution in [2.24, 2.45) is 0 Å². The zero-order valence-corrected chi connectivity index (χ0v) is 20.9. The molecule has 1 saturated heterocycles. The van der Waals surface area contributed by atoms with Gasteiger partial charge in [-0.05, 0) is 38.0 Å². The Morgan fingerprint density at radius 1 is 1.32 bits per heavy atom. The standard InChI is InChI=1S/C25H33ClN2O6/c1-16-7-5-6-9-25(31)15-19(34-24(30)27-25)12-17(2)33-10-8-22(29)28(3)20-13-18(11-16)14-21(32-4)23(20)26/h5-7,13-14,17,19,31H,8-12,15H2,1-4H3,(H,27,30)/b6-5+,16-7+/t17-,19-,25-/m1/s1. The molecule has 1 aromatic rings. The second-order valence-electron chi connectivity index (χ2n) is 8.96. The second kappa shape index (κ2) is 11.3. The summed E-state index contributed by atoms with van der Waals surface area (Å²) in [7, 11) is 3.22. The van der Waals surface area contributed by atoms with Crippen molar-refractivity contribution in [3.63, 3.8) is 0 Å². The van der Waals surface area contributed by atoms with Crippen LogP contribution in [0.2, 0.25) is 5.02 Å². The fourth-order valence-electron chi connectivity index (χ4n) is 4.20. The van der Waals surface area contributed by atoms with Gasteiger partial charge in [0.15, 0.2) is 0 Å². The van der Waals surface area contributed by atoms with Crippen LogP contribution >= 0.6 is 11.6 Å². The number of halogens is 1. The van der Waals surface area contributed by atoms with E-state index in [-0.39, 0.29) is 37.9 Å². The summed E-state index contributed by atoms with van der Waals surface area (Å²) in [6, 6.07) is 3.75. The van der Waals surface area contributed by atoms with Crippen LogP contribution in [0.15, 0.2) is 35.9 Å². The molecular formula is C25H33ClN2O6. The lowest BCUT2D eigenvalue weighted by Gasteiger charge is -2.37. The van der Waals surface area contributed by atoms with Crippen molar-refractivity contribution in [1.29, 1.82) is 0 Å². The first-order valence-corrected chi connectivity index (χ1v) is 11.8. The van der Waals surface area contributed by atoms with E-state index < -0.39 is 17.9 Å². The summed E-state index contributed by atoms with van der Waals surface area (Å²) >= 11 is 6.52. The molecular weight excluding hydrogens is 460 g/mol. The molecule has 4 bridgehead atoms. The van der Waals surface area contributed by atoms with E-state index in [0.29, 0.717) is 29.3 Å². The number of carbonyl (C=O) groups excluding carboxylic acids is 2. The lowest BCUT2D eigenvalue weighted by Crippen LogP contribution is -2.56.